The van der Waals surface area contributed by atoms with E-state index in [-0.39, 0.29) is 4.90 Å². The summed E-state index contributed by atoms with van der Waals surface area (Å²) in [5.41, 5.74) is 2.20. The zero-order chi connectivity index (χ0) is 24.4. The van der Waals surface area contributed by atoms with Crippen molar-refractivity contribution in [3.05, 3.63) is 35.5 Å². The number of hydrogen-bond acceptors (Lipinski definition) is 7. The van der Waals surface area contributed by atoms with Gasteiger partial charge in [-0.3, -0.25) is 0 Å². The van der Waals surface area contributed by atoms with Gasteiger partial charge in [0.15, 0.2) is 0 Å². The number of sulfonamides is 1. The van der Waals surface area contributed by atoms with Crippen molar-refractivity contribution in [2.45, 2.75) is 43.0 Å². The molecule has 2 aliphatic rings. The molecule has 1 saturated carbocycles. The highest BCUT2D eigenvalue weighted by atomic mass is 35.5. The van der Waals surface area contributed by atoms with Crippen LogP contribution in [0.4, 0.5) is 17.2 Å². The highest BCUT2D eigenvalue weighted by Gasteiger charge is 2.27. The maximum atomic E-state index is 13.1. The Morgan fingerprint density at radius 3 is 2.66 bits per heavy atom. The first-order valence-corrected chi connectivity index (χ1v) is 13.7. The largest absolute Gasteiger partial charge is 0.495 e. The fourth-order valence-electron chi connectivity index (χ4n) is 4.75. The van der Waals surface area contributed by atoms with Gasteiger partial charge in [0, 0.05) is 37.5 Å². The number of aromatic amines is 1. The zero-order valence-corrected chi connectivity index (χ0v) is 21.2. The highest BCUT2D eigenvalue weighted by molar-refractivity contribution is 7.89. The molecule has 0 radical (unpaired) electrons. The smallest absolute Gasteiger partial charge is 0.243 e. The molecule has 1 aromatic carbocycles. The van der Waals surface area contributed by atoms with Crippen molar-refractivity contribution in [3.8, 4) is 5.75 Å². The molecule has 2 aromatic heterocycles. The van der Waals surface area contributed by atoms with Crippen molar-refractivity contribution >= 4 is 49.9 Å². The minimum Gasteiger partial charge on any atom is -0.495 e. The first-order chi connectivity index (χ1) is 17.0. The molecule has 3 N–H and O–H groups in total. The molecule has 2 fully saturated rings. The van der Waals surface area contributed by atoms with E-state index in [1.165, 1.54) is 30.7 Å². The van der Waals surface area contributed by atoms with Crippen molar-refractivity contribution in [2.75, 3.05) is 44.0 Å². The number of halogens is 1. The molecule has 11 heteroatoms. The fourth-order valence-corrected chi connectivity index (χ4v) is 6.42. The summed E-state index contributed by atoms with van der Waals surface area (Å²) in [7, 11) is -2.12. The van der Waals surface area contributed by atoms with Crippen molar-refractivity contribution < 1.29 is 17.9 Å². The Morgan fingerprint density at radius 2 is 1.91 bits per heavy atom. The standard InChI is InChI=1S/C24H30ClN5O4S/c1-33-21-13-17(35(31,32)30-9-11-34-12-10-30)7-8-19(21)28-22-14-20(27-16-5-3-2-4-6-16)23-18(25)15-26-24(23)29-22/h7-8,13-16H,2-6,9-12H2,1H3,(H3,26,27,28,29). The minimum absolute atomic E-state index is 0.181. The molecule has 3 heterocycles. The monoisotopic (exact) mass is 519 g/mol. The number of H-pyrrole nitrogens is 1. The SMILES string of the molecule is COc1cc(S(=O)(=O)N2CCOCC2)ccc1Nc1cc(NC2CCCCC2)c2c(Cl)c[nH]c2n1. The number of methoxy groups -OCH3 is 1. The lowest BCUT2D eigenvalue weighted by atomic mass is 9.95. The van der Waals surface area contributed by atoms with E-state index in [1.807, 2.05) is 6.07 Å². The molecule has 3 aromatic rings. The third-order valence-corrected chi connectivity index (χ3v) is 8.79. The highest BCUT2D eigenvalue weighted by Crippen LogP contribution is 2.36. The molecule has 9 nitrogen and oxygen atoms in total. The van der Waals surface area contributed by atoms with Crippen molar-refractivity contribution in [3.63, 3.8) is 0 Å². The normalized spacial score (nSPS) is 18.0. The summed E-state index contributed by atoms with van der Waals surface area (Å²) in [6.07, 6.45) is 7.70. The second kappa shape index (κ2) is 10.2. The van der Waals surface area contributed by atoms with E-state index in [1.54, 1.807) is 24.4 Å². The van der Waals surface area contributed by atoms with Gasteiger partial charge in [-0.2, -0.15) is 4.31 Å². The van der Waals surface area contributed by atoms with Crippen LogP contribution in [-0.4, -0.2) is 62.1 Å². The molecular weight excluding hydrogens is 490 g/mol. The number of nitrogens with one attached hydrogen (secondary N) is 3. The van der Waals surface area contributed by atoms with Gasteiger partial charge >= 0.3 is 0 Å². The molecular formula is C24H30ClN5O4S. The third-order valence-electron chi connectivity index (χ3n) is 6.60. The van der Waals surface area contributed by atoms with Crippen LogP contribution in [0.25, 0.3) is 11.0 Å². The molecule has 1 aliphatic carbocycles. The van der Waals surface area contributed by atoms with Crippen LogP contribution in [0.3, 0.4) is 0 Å². The van der Waals surface area contributed by atoms with Gasteiger partial charge in [0.25, 0.3) is 0 Å². The van der Waals surface area contributed by atoms with Crippen LogP contribution in [0.1, 0.15) is 32.1 Å². The Bertz CT molecular complexity index is 1300. The molecule has 0 amide bonds. The Morgan fingerprint density at radius 1 is 1.14 bits per heavy atom. The van der Waals surface area contributed by atoms with Crippen LogP contribution in [0.2, 0.25) is 5.02 Å². The zero-order valence-electron chi connectivity index (χ0n) is 19.6. The third kappa shape index (κ3) is 5.06. The summed E-state index contributed by atoms with van der Waals surface area (Å²) < 4.78 is 38.4. The number of rotatable bonds is 7. The maximum absolute atomic E-state index is 13.1. The quantitative estimate of drug-likeness (QED) is 0.414. The number of ether oxygens (including phenoxy) is 2. The molecule has 0 spiro atoms. The number of morpholine rings is 1. The van der Waals surface area contributed by atoms with Crippen LogP contribution in [-0.2, 0) is 14.8 Å². The van der Waals surface area contributed by atoms with Gasteiger partial charge in [0.1, 0.15) is 17.2 Å². The number of nitrogens with zero attached hydrogens (tertiary/aromatic N) is 2. The molecule has 0 bridgehead atoms. The van der Waals surface area contributed by atoms with Crippen LogP contribution in [0.15, 0.2) is 35.4 Å². The first-order valence-electron chi connectivity index (χ1n) is 11.9. The Labute approximate surface area is 210 Å². The van der Waals surface area contributed by atoms with Crippen molar-refractivity contribution in [1.29, 1.82) is 0 Å². The summed E-state index contributed by atoms with van der Waals surface area (Å²) in [6, 6.07) is 7.16. The summed E-state index contributed by atoms with van der Waals surface area (Å²) in [4.78, 5) is 8.00. The van der Waals surface area contributed by atoms with E-state index < -0.39 is 10.0 Å². The second-order valence-corrected chi connectivity index (χ2v) is 11.2. The minimum atomic E-state index is -3.63. The maximum Gasteiger partial charge on any atom is 0.243 e. The number of benzene rings is 1. The lowest BCUT2D eigenvalue weighted by Gasteiger charge is -2.26. The lowest BCUT2D eigenvalue weighted by molar-refractivity contribution is 0.0730. The van der Waals surface area contributed by atoms with Gasteiger partial charge in [-0.25, -0.2) is 13.4 Å². The average molecular weight is 520 g/mol. The van der Waals surface area contributed by atoms with Gasteiger partial charge in [-0.05, 0) is 25.0 Å². The molecule has 1 aliphatic heterocycles. The van der Waals surface area contributed by atoms with Gasteiger partial charge in [0.2, 0.25) is 10.0 Å². The number of aromatic nitrogens is 2. The van der Waals surface area contributed by atoms with Crippen molar-refractivity contribution in [1.82, 2.24) is 14.3 Å². The Kier molecular flexibility index (Phi) is 7.06. The van der Waals surface area contributed by atoms with Gasteiger partial charge < -0.3 is 25.1 Å². The summed E-state index contributed by atoms with van der Waals surface area (Å²) in [6.45, 7) is 1.46. The molecule has 0 unspecified atom stereocenters. The van der Waals surface area contributed by atoms with Crippen molar-refractivity contribution in [2.24, 2.45) is 0 Å². The molecule has 5 rings (SSSR count). The predicted molar refractivity (Wildman–Crippen MR) is 137 cm³/mol. The first kappa shape index (κ1) is 24.2. The van der Waals surface area contributed by atoms with E-state index in [0.717, 1.165) is 23.9 Å². The van der Waals surface area contributed by atoms with Crippen LogP contribution < -0.4 is 15.4 Å². The topological polar surface area (TPSA) is 109 Å². The Balaban J connectivity index is 1.44. The van der Waals surface area contributed by atoms with Gasteiger partial charge in [-0.1, -0.05) is 30.9 Å². The van der Waals surface area contributed by atoms with E-state index in [0.29, 0.717) is 60.3 Å². The van der Waals surface area contributed by atoms with Gasteiger partial charge in [-0.15, -0.1) is 0 Å². The van der Waals surface area contributed by atoms with E-state index in [2.05, 4.69) is 20.6 Å². The average Bonchev–Trinajstić information content (AvgIpc) is 3.26. The van der Waals surface area contributed by atoms with Gasteiger partial charge in [0.05, 0.1) is 47.0 Å². The Hall–Kier alpha value is -2.53. The lowest BCUT2D eigenvalue weighted by Crippen LogP contribution is -2.40. The summed E-state index contributed by atoms with van der Waals surface area (Å²) in [5.74, 6) is 1.00. The predicted octanol–water partition coefficient (Wildman–Crippen LogP) is 4.73. The second-order valence-electron chi connectivity index (χ2n) is 8.90. The summed E-state index contributed by atoms with van der Waals surface area (Å²) >= 11 is 6.46. The molecule has 1 saturated heterocycles. The number of anilines is 3. The molecule has 35 heavy (non-hydrogen) atoms. The molecule has 0 atom stereocenters. The van der Waals surface area contributed by atoms with Crippen LogP contribution >= 0.6 is 11.6 Å². The van der Waals surface area contributed by atoms with E-state index in [9.17, 15) is 8.42 Å². The fraction of sp³-hybridized carbons (Fsp3) is 0.458. The number of hydrogen-bond donors (Lipinski definition) is 3. The number of fused-ring (bicyclic) bond motifs is 1. The number of pyridine rings is 1. The molecule has 188 valence electrons. The summed E-state index contributed by atoms with van der Waals surface area (Å²) in [5, 5.41) is 8.43. The van der Waals surface area contributed by atoms with Crippen LogP contribution in [0, 0.1) is 0 Å². The van der Waals surface area contributed by atoms with Crippen LogP contribution in [0.5, 0.6) is 5.75 Å². The van der Waals surface area contributed by atoms with E-state index in [4.69, 9.17) is 21.1 Å². The van der Waals surface area contributed by atoms with E-state index >= 15 is 0 Å².